The van der Waals surface area contributed by atoms with Gasteiger partial charge in [-0.1, -0.05) is 23.5 Å². The molecule has 5 heteroatoms. The molecule has 2 aromatic rings. The molecule has 0 atom stereocenters. The van der Waals surface area contributed by atoms with Crippen LogP contribution in [0.1, 0.15) is 11.3 Å². The van der Waals surface area contributed by atoms with Gasteiger partial charge in [-0.15, -0.1) is 11.8 Å². The molecule has 0 bridgehead atoms. The van der Waals surface area contributed by atoms with E-state index < -0.39 is 0 Å². The van der Waals surface area contributed by atoms with Crippen molar-refractivity contribution in [1.82, 2.24) is 10.3 Å². The quantitative estimate of drug-likeness (QED) is 0.817. The van der Waals surface area contributed by atoms with Gasteiger partial charge in [0.15, 0.2) is 0 Å². The molecular formula is C12H14N2OS2. The van der Waals surface area contributed by atoms with Crippen molar-refractivity contribution in [3.63, 3.8) is 0 Å². The van der Waals surface area contributed by atoms with Crippen LogP contribution in [0.25, 0.3) is 0 Å². The number of aromatic nitrogens is 1. The predicted molar refractivity (Wildman–Crippen MR) is 73.7 cm³/mol. The maximum absolute atomic E-state index is 10.9. The number of H-pyrrole nitrogens is 1. The van der Waals surface area contributed by atoms with Crippen LogP contribution in [-0.4, -0.2) is 11.2 Å². The number of hydrogen-bond donors (Lipinski definition) is 2. The number of hydrogen-bond acceptors (Lipinski definition) is 4. The van der Waals surface area contributed by atoms with E-state index in [1.807, 2.05) is 5.38 Å². The van der Waals surface area contributed by atoms with Gasteiger partial charge in [0.25, 0.3) is 0 Å². The van der Waals surface area contributed by atoms with E-state index in [1.54, 1.807) is 11.8 Å². The standard InChI is InChI=1S/C12H14N2OS2/c1-16-11-4-2-9(3-5-11)6-13-7-10-8-17-12(15)14-10/h2-5,8,13H,6-7H2,1H3,(H,14,15). The molecule has 0 spiro atoms. The second-order valence-electron chi connectivity index (χ2n) is 3.63. The van der Waals surface area contributed by atoms with Crippen LogP contribution in [0.2, 0.25) is 0 Å². The summed E-state index contributed by atoms with van der Waals surface area (Å²) < 4.78 is 0. The molecule has 0 aliphatic heterocycles. The molecule has 0 radical (unpaired) electrons. The van der Waals surface area contributed by atoms with E-state index in [0.717, 1.165) is 12.2 Å². The van der Waals surface area contributed by atoms with Gasteiger partial charge in [-0.25, -0.2) is 0 Å². The van der Waals surface area contributed by atoms with Crippen LogP contribution in [0.15, 0.2) is 39.3 Å². The Morgan fingerprint density at radius 3 is 2.65 bits per heavy atom. The number of aromatic amines is 1. The SMILES string of the molecule is CSc1ccc(CNCc2csc(=O)[nH]2)cc1. The number of thioether (sulfide) groups is 1. The maximum atomic E-state index is 10.9. The van der Waals surface area contributed by atoms with Crippen molar-refractivity contribution >= 4 is 23.1 Å². The Kier molecular flexibility index (Phi) is 4.42. The Labute approximate surface area is 108 Å². The predicted octanol–water partition coefficient (Wildman–Crippen LogP) is 2.45. The Balaban J connectivity index is 1.83. The van der Waals surface area contributed by atoms with Crippen LogP contribution >= 0.6 is 23.1 Å². The number of nitrogens with one attached hydrogen (secondary N) is 2. The average Bonchev–Trinajstić information content (AvgIpc) is 2.76. The van der Waals surface area contributed by atoms with Gasteiger partial charge in [-0.2, -0.15) is 0 Å². The summed E-state index contributed by atoms with van der Waals surface area (Å²) in [6, 6.07) is 8.48. The fourth-order valence-electron chi connectivity index (χ4n) is 1.49. The molecule has 1 heterocycles. The molecule has 0 saturated carbocycles. The number of rotatable bonds is 5. The zero-order valence-electron chi connectivity index (χ0n) is 9.53. The molecule has 0 fully saturated rings. The highest BCUT2D eigenvalue weighted by Crippen LogP contribution is 2.14. The van der Waals surface area contributed by atoms with Crippen LogP contribution < -0.4 is 10.2 Å². The van der Waals surface area contributed by atoms with Crippen molar-refractivity contribution in [1.29, 1.82) is 0 Å². The molecule has 0 saturated heterocycles. The minimum Gasteiger partial charge on any atom is -0.315 e. The molecular weight excluding hydrogens is 252 g/mol. The highest BCUT2D eigenvalue weighted by Gasteiger charge is 1.97. The van der Waals surface area contributed by atoms with Gasteiger partial charge >= 0.3 is 4.87 Å². The lowest BCUT2D eigenvalue weighted by Gasteiger charge is -2.04. The summed E-state index contributed by atoms with van der Waals surface area (Å²) in [7, 11) is 0. The van der Waals surface area contributed by atoms with Gasteiger partial charge in [0.05, 0.1) is 0 Å². The van der Waals surface area contributed by atoms with Gasteiger partial charge in [0.1, 0.15) is 0 Å². The lowest BCUT2D eigenvalue weighted by atomic mass is 10.2. The zero-order chi connectivity index (χ0) is 12.1. The Morgan fingerprint density at radius 2 is 2.06 bits per heavy atom. The molecule has 1 aromatic carbocycles. The van der Waals surface area contributed by atoms with Crippen molar-refractivity contribution < 1.29 is 0 Å². The van der Waals surface area contributed by atoms with Crippen molar-refractivity contribution in [2.75, 3.05) is 6.26 Å². The van der Waals surface area contributed by atoms with Crippen molar-refractivity contribution in [2.45, 2.75) is 18.0 Å². The van der Waals surface area contributed by atoms with Crippen molar-refractivity contribution in [3.8, 4) is 0 Å². The molecule has 0 amide bonds. The van der Waals surface area contributed by atoms with Crippen LogP contribution in [0, 0.1) is 0 Å². The summed E-state index contributed by atoms with van der Waals surface area (Å²) in [5.41, 5.74) is 2.20. The van der Waals surface area contributed by atoms with Gasteiger partial charge in [0.2, 0.25) is 0 Å². The van der Waals surface area contributed by atoms with E-state index in [9.17, 15) is 4.79 Å². The summed E-state index contributed by atoms with van der Waals surface area (Å²) in [4.78, 5) is 15.0. The summed E-state index contributed by atoms with van der Waals surface area (Å²) in [5.74, 6) is 0. The van der Waals surface area contributed by atoms with E-state index in [4.69, 9.17) is 0 Å². The van der Waals surface area contributed by atoms with E-state index in [1.165, 1.54) is 21.8 Å². The molecule has 2 rings (SSSR count). The molecule has 2 N–H and O–H groups in total. The highest BCUT2D eigenvalue weighted by atomic mass is 32.2. The first-order valence-corrected chi connectivity index (χ1v) is 7.38. The van der Waals surface area contributed by atoms with E-state index in [2.05, 4.69) is 40.8 Å². The Hall–Kier alpha value is -1.04. The molecule has 17 heavy (non-hydrogen) atoms. The highest BCUT2D eigenvalue weighted by molar-refractivity contribution is 7.98. The molecule has 0 unspecified atom stereocenters. The largest absolute Gasteiger partial charge is 0.315 e. The third-order valence-corrected chi connectivity index (χ3v) is 3.84. The van der Waals surface area contributed by atoms with Crippen molar-refractivity contribution in [3.05, 3.63) is 50.6 Å². The lowest BCUT2D eigenvalue weighted by molar-refractivity contribution is 0.681. The first-order chi connectivity index (χ1) is 8.28. The first kappa shape index (κ1) is 12.4. The first-order valence-electron chi connectivity index (χ1n) is 5.28. The molecule has 90 valence electrons. The Morgan fingerprint density at radius 1 is 1.29 bits per heavy atom. The second kappa shape index (κ2) is 6.05. The number of thiazole rings is 1. The third kappa shape index (κ3) is 3.73. The smallest absolute Gasteiger partial charge is 0.304 e. The molecule has 0 aliphatic rings. The van der Waals surface area contributed by atoms with Crippen LogP contribution in [0.5, 0.6) is 0 Å². The number of benzene rings is 1. The third-order valence-electron chi connectivity index (χ3n) is 2.37. The zero-order valence-corrected chi connectivity index (χ0v) is 11.2. The lowest BCUT2D eigenvalue weighted by Crippen LogP contribution is -2.13. The van der Waals surface area contributed by atoms with Crippen LogP contribution in [-0.2, 0) is 13.1 Å². The van der Waals surface area contributed by atoms with Crippen LogP contribution in [0.3, 0.4) is 0 Å². The summed E-state index contributed by atoms with van der Waals surface area (Å²) >= 11 is 2.94. The topological polar surface area (TPSA) is 44.9 Å². The fraction of sp³-hybridized carbons (Fsp3) is 0.250. The summed E-state index contributed by atoms with van der Waals surface area (Å²) in [6.07, 6.45) is 2.07. The second-order valence-corrected chi connectivity index (χ2v) is 5.35. The Bertz CT molecular complexity index is 516. The average molecular weight is 266 g/mol. The fourth-order valence-corrected chi connectivity index (χ4v) is 2.48. The van der Waals surface area contributed by atoms with Crippen LogP contribution in [0.4, 0.5) is 0 Å². The summed E-state index contributed by atoms with van der Waals surface area (Å²) in [6.45, 7) is 1.51. The maximum Gasteiger partial charge on any atom is 0.304 e. The molecule has 3 nitrogen and oxygen atoms in total. The van der Waals surface area contributed by atoms with Crippen molar-refractivity contribution in [2.24, 2.45) is 0 Å². The van der Waals surface area contributed by atoms with Gasteiger partial charge in [-0.05, 0) is 24.0 Å². The van der Waals surface area contributed by atoms with Gasteiger partial charge in [0, 0.05) is 29.1 Å². The molecule has 1 aromatic heterocycles. The normalized spacial score (nSPS) is 10.6. The van der Waals surface area contributed by atoms with E-state index in [-0.39, 0.29) is 4.87 Å². The minimum atomic E-state index is 0.00567. The monoisotopic (exact) mass is 266 g/mol. The summed E-state index contributed by atoms with van der Waals surface area (Å²) in [5, 5.41) is 5.15. The minimum absolute atomic E-state index is 0.00567. The van der Waals surface area contributed by atoms with E-state index >= 15 is 0 Å². The van der Waals surface area contributed by atoms with E-state index in [0.29, 0.717) is 6.54 Å². The van der Waals surface area contributed by atoms with Gasteiger partial charge < -0.3 is 10.3 Å². The van der Waals surface area contributed by atoms with Gasteiger partial charge in [-0.3, -0.25) is 4.79 Å². The molecule has 0 aliphatic carbocycles.